The predicted octanol–water partition coefficient (Wildman–Crippen LogP) is 2.64. The smallest absolute Gasteiger partial charge is 0.212 e. The molecule has 0 amide bonds. The summed E-state index contributed by atoms with van der Waals surface area (Å²) < 4.78 is 26.5. The van der Waals surface area contributed by atoms with E-state index in [9.17, 15) is 8.42 Å². The van der Waals surface area contributed by atoms with E-state index in [1.807, 2.05) is 19.1 Å². The molecule has 0 aliphatic carbocycles. The number of rotatable bonds is 8. The quantitative estimate of drug-likeness (QED) is 0.790. The van der Waals surface area contributed by atoms with Gasteiger partial charge in [0.25, 0.3) is 0 Å². The van der Waals surface area contributed by atoms with E-state index in [2.05, 4.69) is 16.6 Å². The zero-order valence-electron chi connectivity index (χ0n) is 11.1. The van der Waals surface area contributed by atoms with E-state index in [4.69, 9.17) is 0 Å². The second kappa shape index (κ2) is 7.48. The molecule has 1 rings (SSSR count). The van der Waals surface area contributed by atoms with Gasteiger partial charge in [0.1, 0.15) is 0 Å². The van der Waals surface area contributed by atoms with Crippen LogP contribution < -0.4 is 4.72 Å². The molecule has 1 aromatic rings. The van der Waals surface area contributed by atoms with Crippen molar-refractivity contribution in [2.45, 2.75) is 45.6 Å². The monoisotopic (exact) mass is 270 g/mol. The Labute approximate surface area is 110 Å². The summed E-state index contributed by atoms with van der Waals surface area (Å²) in [6.45, 7) is 3.96. The molecular formula is C13H22N2O2S. The number of aromatic nitrogens is 1. The highest BCUT2D eigenvalue weighted by molar-refractivity contribution is 7.89. The number of hydrogen-bond acceptors (Lipinski definition) is 3. The fraction of sp³-hybridized carbons (Fsp3) is 0.615. The fourth-order valence-corrected chi connectivity index (χ4v) is 3.17. The van der Waals surface area contributed by atoms with Gasteiger partial charge in [-0.25, -0.2) is 13.1 Å². The molecule has 5 heteroatoms. The van der Waals surface area contributed by atoms with E-state index in [0.29, 0.717) is 6.42 Å². The Morgan fingerprint density at radius 2 is 2.11 bits per heavy atom. The molecular weight excluding hydrogens is 248 g/mol. The minimum absolute atomic E-state index is 0.157. The molecule has 102 valence electrons. The maximum absolute atomic E-state index is 11.8. The molecule has 1 aromatic heterocycles. The lowest BCUT2D eigenvalue weighted by Crippen LogP contribution is -2.30. The van der Waals surface area contributed by atoms with Gasteiger partial charge >= 0.3 is 0 Å². The van der Waals surface area contributed by atoms with Crippen LogP contribution in [0, 0.1) is 0 Å². The summed E-state index contributed by atoms with van der Waals surface area (Å²) in [6.07, 6.45) is 6.91. The molecule has 1 atom stereocenters. The van der Waals surface area contributed by atoms with Crippen molar-refractivity contribution in [3.05, 3.63) is 30.1 Å². The van der Waals surface area contributed by atoms with Crippen molar-refractivity contribution in [3.8, 4) is 0 Å². The van der Waals surface area contributed by atoms with E-state index < -0.39 is 10.0 Å². The molecule has 4 nitrogen and oxygen atoms in total. The normalized spacial score (nSPS) is 13.4. The van der Waals surface area contributed by atoms with Crippen LogP contribution >= 0.6 is 0 Å². The Morgan fingerprint density at radius 3 is 2.67 bits per heavy atom. The SMILES string of the molecule is CCCC[C@H](NS(=O)(=O)CCC)c1cccnc1. The van der Waals surface area contributed by atoms with Crippen molar-refractivity contribution in [1.29, 1.82) is 0 Å². The molecule has 0 spiro atoms. The average molecular weight is 270 g/mol. The van der Waals surface area contributed by atoms with E-state index in [0.717, 1.165) is 24.8 Å². The van der Waals surface area contributed by atoms with Crippen LogP contribution in [0.15, 0.2) is 24.5 Å². The lowest BCUT2D eigenvalue weighted by atomic mass is 10.0. The lowest BCUT2D eigenvalue weighted by molar-refractivity contribution is 0.524. The van der Waals surface area contributed by atoms with Gasteiger partial charge in [0.05, 0.1) is 5.75 Å². The molecule has 0 fully saturated rings. The first-order valence-corrected chi connectivity index (χ1v) is 8.14. The molecule has 0 saturated heterocycles. The third-order valence-corrected chi connectivity index (χ3v) is 4.32. The summed E-state index contributed by atoms with van der Waals surface area (Å²) in [7, 11) is -3.19. The van der Waals surface area contributed by atoms with Crippen LogP contribution in [-0.2, 0) is 10.0 Å². The van der Waals surface area contributed by atoms with Gasteiger partial charge in [0, 0.05) is 18.4 Å². The Morgan fingerprint density at radius 1 is 1.33 bits per heavy atom. The van der Waals surface area contributed by atoms with E-state index in [1.54, 1.807) is 12.4 Å². The molecule has 0 radical (unpaired) electrons. The molecule has 1 heterocycles. The number of sulfonamides is 1. The van der Waals surface area contributed by atoms with Crippen molar-refractivity contribution in [1.82, 2.24) is 9.71 Å². The van der Waals surface area contributed by atoms with Gasteiger partial charge in [0.2, 0.25) is 10.0 Å². The molecule has 0 aliphatic heterocycles. The van der Waals surface area contributed by atoms with Gasteiger partial charge in [0.15, 0.2) is 0 Å². The maximum Gasteiger partial charge on any atom is 0.212 e. The second-order valence-electron chi connectivity index (χ2n) is 4.42. The Kier molecular flexibility index (Phi) is 6.29. The molecule has 0 unspecified atom stereocenters. The van der Waals surface area contributed by atoms with Crippen LogP contribution in [-0.4, -0.2) is 19.2 Å². The summed E-state index contributed by atoms with van der Waals surface area (Å²) in [5, 5.41) is 0. The molecule has 18 heavy (non-hydrogen) atoms. The third kappa shape index (κ3) is 5.14. The number of nitrogens with one attached hydrogen (secondary N) is 1. The number of hydrogen-bond donors (Lipinski definition) is 1. The molecule has 0 aliphatic rings. The Balaban J connectivity index is 2.79. The van der Waals surface area contributed by atoms with E-state index >= 15 is 0 Å². The maximum atomic E-state index is 11.8. The van der Waals surface area contributed by atoms with Crippen LogP contribution in [0.1, 0.15) is 51.1 Å². The Hall–Kier alpha value is -0.940. The molecule has 0 bridgehead atoms. The van der Waals surface area contributed by atoms with Crippen LogP contribution in [0.3, 0.4) is 0 Å². The van der Waals surface area contributed by atoms with Gasteiger partial charge in [-0.3, -0.25) is 4.98 Å². The van der Waals surface area contributed by atoms with Crippen molar-refractivity contribution in [3.63, 3.8) is 0 Å². The average Bonchev–Trinajstić information content (AvgIpc) is 2.35. The minimum Gasteiger partial charge on any atom is -0.264 e. The number of unbranched alkanes of at least 4 members (excludes halogenated alkanes) is 1. The van der Waals surface area contributed by atoms with E-state index in [1.165, 1.54) is 0 Å². The fourth-order valence-electron chi connectivity index (χ4n) is 1.83. The zero-order valence-corrected chi connectivity index (χ0v) is 11.9. The molecule has 0 aromatic carbocycles. The van der Waals surface area contributed by atoms with Crippen LogP contribution in [0.2, 0.25) is 0 Å². The number of pyridine rings is 1. The van der Waals surface area contributed by atoms with Gasteiger partial charge < -0.3 is 0 Å². The summed E-state index contributed by atoms with van der Waals surface area (Å²) in [4.78, 5) is 4.05. The number of nitrogens with zero attached hydrogens (tertiary/aromatic N) is 1. The van der Waals surface area contributed by atoms with Gasteiger partial charge in [-0.2, -0.15) is 0 Å². The summed E-state index contributed by atoms with van der Waals surface area (Å²) in [5.74, 6) is 0.176. The van der Waals surface area contributed by atoms with Crippen molar-refractivity contribution in [2.24, 2.45) is 0 Å². The topological polar surface area (TPSA) is 59.1 Å². The largest absolute Gasteiger partial charge is 0.264 e. The van der Waals surface area contributed by atoms with Gasteiger partial charge in [-0.05, 0) is 24.5 Å². The summed E-state index contributed by atoms with van der Waals surface area (Å²) >= 11 is 0. The molecule has 0 saturated carbocycles. The zero-order chi connectivity index (χ0) is 13.4. The van der Waals surface area contributed by atoms with Crippen molar-refractivity contribution < 1.29 is 8.42 Å². The van der Waals surface area contributed by atoms with Crippen molar-refractivity contribution in [2.75, 3.05) is 5.75 Å². The minimum atomic E-state index is -3.19. The van der Waals surface area contributed by atoms with Crippen LogP contribution in [0.4, 0.5) is 0 Å². The molecule has 1 N–H and O–H groups in total. The summed E-state index contributed by atoms with van der Waals surface area (Å²) in [6, 6.07) is 3.60. The first kappa shape index (κ1) is 15.1. The van der Waals surface area contributed by atoms with Crippen LogP contribution in [0.5, 0.6) is 0 Å². The van der Waals surface area contributed by atoms with Crippen LogP contribution in [0.25, 0.3) is 0 Å². The first-order valence-electron chi connectivity index (χ1n) is 6.49. The second-order valence-corrected chi connectivity index (χ2v) is 6.29. The highest BCUT2D eigenvalue weighted by Crippen LogP contribution is 2.19. The van der Waals surface area contributed by atoms with Gasteiger partial charge in [-0.15, -0.1) is 0 Å². The predicted molar refractivity (Wildman–Crippen MR) is 73.7 cm³/mol. The van der Waals surface area contributed by atoms with E-state index in [-0.39, 0.29) is 11.8 Å². The summed E-state index contributed by atoms with van der Waals surface area (Å²) in [5.41, 5.74) is 0.936. The van der Waals surface area contributed by atoms with Gasteiger partial charge in [-0.1, -0.05) is 32.8 Å². The van der Waals surface area contributed by atoms with Crippen molar-refractivity contribution >= 4 is 10.0 Å². The highest BCUT2D eigenvalue weighted by Gasteiger charge is 2.18. The highest BCUT2D eigenvalue weighted by atomic mass is 32.2. The lowest BCUT2D eigenvalue weighted by Gasteiger charge is -2.18. The standard InChI is InChI=1S/C13H22N2O2S/c1-3-5-8-13(12-7-6-9-14-11-12)15-18(16,17)10-4-2/h6-7,9,11,13,15H,3-5,8,10H2,1-2H3/t13-/m0/s1. The third-order valence-electron chi connectivity index (χ3n) is 2.73. The first-order chi connectivity index (χ1) is 8.59. The Bertz CT molecular complexity index is 432.